The quantitative estimate of drug-likeness (QED) is 0.747. The predicted molar refractivity (Wildman–Crippen MR) is 49.2 cm³/mol. The number of pyridine rings is 1. The van der Waals surface area contributed by atoms with Crippen LogP contribution >= 0.6 is 0 Å². The summed E-state index contributed by atoms with van der Waals surface area (Å²) >= 11 is 0. The van der Waals surface area contributed by atoms with E-state index in [4.69, 9.17) is 5.11 Å². The Kier molecular flexibility index (Phi) is 3.09. The first-order valence-corrected chi connectivity index (χ1v) is 4.39. The van der Waals surface area contributed by atoms with Crippen LogP contribution in [0.3, 0.4) is 0 Å². The van der Waals surface area contributed by atoms with Gasteiger partial charge in [-0.05, 0) is 17.9 Å². The Bertz CT molecular complexity index is 230. The lowest BCUT2D eigenvalue weighted by Crippen LogP contribution is -1.92. The van der Waals surface area contributed by atoms with Gasteiger partial charge in [0.15, 0.2) is 0 Å². The zero-order chi connectivity index (χ0) is 8.97. The summed E-state index contributed by atoms with van der Waals surface area (Å²) in [5.41, 5.74) is 1.20. The number of rotatable bonds is 3. The van der Waals surface area contributed by atoms with Crippen LogP contribution in [0.2, 0.25) is 0 Å². The second-order valence-electron chi connectivity index (χ2n) is 3.14. The highest BCUT2D eigenvalue weighted by Crippen LogP contribution is 2.20. The molecular formula is C10H15NO. The van der Waals surface area contributed by atoms with Crippen LogP contribution in [0.1, 0.15) is 38.2 Å². The van der Waals surface area contributed by atoms with E-state index >= 15 is 0 Å². The number of aromatic nitrogens is 1. The highest BCUT2D eigenvalue weighted by Gasteiger charge is 2.03. The fraction of sp³-hybridized carbons (Fsp3) is 0.500. The molecule has 0 aliphatic rings. The molecule has 0 aromatic carbocycles. The van der Waals surface area contributed by atoms with Crippen molar-refractivity contribution in [2.45, 2.75) is 32.6 Å². The summed E-state index contributed by atoms with van der Waals surface area (Å²) in [4.78, 5) is 3.84. The minimum absolute atomic E-state index is 0.0995. The standard InChI is InChI=1S/C10H15NO/c1-3-4-8(2)9-5-6-10(12)11-7-9/h5-8H,3-4H2,1-2H3,(H,11,12). The van der Waals surface area contributed by atoms with Crippen molar-refractivity contribution < 1.29 is 5.11 Å². The van der Waals surface area contributed by atoms with Crippen LogP contribution in [-0.4, -0.2) is 10.1 Å². The zero-order valence-corrected chi connectivity index (χ0v) is 7.62. The number of hydrogen-bond acceptors (Lipinski definition) is 2. The minimum Gasteiger partial charge on any atom is -0.493 e. The molecule has 1 rings (SSSR count). The van der Waals surface area contributed by atoms with Crippen LogP contribution in [0.4, 0.5) is 0 Å². The lowest BCUT2D eigenvalue weighted by Gasteiger charge is -2.08. The highest BCUT2D eigenvalue weighted by atomic mass is 16.3. The average Bonchev–Trinajstić information content (AvgIpc) is 2.06. The average molecular weight is 165 g/mol. The molecule has 0 saturated heterocycles. The lowest BCUT2D eigenvalue weighted by molar-refractivity contribution is 0.452. The van der Waals surface area contributed by atoms with Crippen molar-refractivity contribution in [1.82, 2.24) is 4.98 Å². The molecule has 1 aromatic heterocycles. The Labute approximate surface area is 73.3 Å². The SMILES string of the molecule is CCCC(C)c1ccc(O)nc1. The molecule has 1 atom stereocenters. The Morgan fingerprint density at radius 2 is 2.25 bits per heavy atom. The largest absolute Gasteiger partial charge is 0.493 e. The fourth-order valence-corrected chi connectivity index (χ4v) is 1.29. The van der Waals surface area contributed by atoms with Gasteiger partial charge in [0.25, 0.3) is 0 Å². The molecule has 0 fully saturated rings. The Balaban J connectivity index is 2.68. The minimum atomic E-state index is 0.0995. The molecule has 2 heteroatoms. The third-order valence-electron chi connectivity index (χ3n) is 2.06. The van der Waals surface area contributed by atoms with Gasteiger partial charge in [-0.3, -0.25) is 0 Å². The number of aromatic hydroxyl groups is 1. The van der Waals surface area contributed by atoms with E-state index in [0.717, 1.165) is 0 Å². The Hall–Kier alpha value is -1.05. The van der Waals surface area contributed by atoms with Crippen molar-refractivity contribution in [1.29, 1.82) is 0 Å². The molecule has 2 nitrogen and oxygen atoms in total. The summed E-state index contributed by atoms with van der Waals surface area (Å²) in [7, 11) is 0. The van der Waals surface area contributed by atoms with E-state index < -0.39 is 0 Å². The molecule has 66 valence electrons. The third kappa shape index (κ3) is 2.22. The summed E-state index contributed by atoms with van der Waals surface area (Å²) in [5.74, 6) is 0.644. The molecule has 1 N–H and O–H groups in total. The molecule has 0 aliphatic carbocycles. The normalized spacial score (nSPS) is 12.8. The molecule has 0 radical (unpaired) electrons. The predicted octanol–water partition coefficient (Wildman–Crippen LogP) is 2.69. The first-order chi connectivity index (χ1) is 5.74. The molecular weight excluding hydrogens is 150 g/mol. The maximum Gasteiger partial charge on any atom is 0.210 e. The lowest BCUT2D eigenvalue weighted by atomic mass is 9.98. The van der Waals surface area contributed by atoms with Crippen molar-refractivity contribution in [3.05, 3.63) is 23.9 Å². The first kappa shape index (κ1) is 9.04. The maximum absolute atomic E-state index is 8.96. The van der Waals surface area contributed by atoms with Gasteiger partial charge in [0.1, 0.15) is 0 Å². The summed E-state index contributed by atoms with van der Waals surface area (Å²) in [5, 5.41) is 8.96. The van der Waals surface area contributed by atoms with Crippen molar-refractivity contribution in [2.24, 2.45) is 0 Å². The van der Waals surface area contributed by atoms with Gasteiger partial charge in [-0.1, -0.05) is 26.3 Å². The van der Waals surface area contributed by atoms with Crippen molar-refractivity contribution in [2.75, 3.05) is 0 Å². The van der Waals surface area contributed by atoms with Gasteiger partial charge in [-0.25, -0.2) is 4.98 Å². The van der Waals surface area contributed by atoms with E-state index in [9.17, 15) is 0 Å². The van der Waals surface area contributed by atoms with E-state index in [2.05, 4.69) is 18.8 Å². The van der Waals surface area contributed by atoms with Gasteiger partial charge in [0.2, 0.25) is 5.88 Å². The van der Waals surface area contributed by atoms with Crippen LogP contribution < -0.4 is 0 Å². The molecule has 0 spiro atoms. The van der Waals surface area contributed by atoms with Crippen molar-refractivity contribution in [3.8, 4) is 5.88 Å². The van der Waals surface area contributed by atoms with Crippen molar-refractivity contribution in [3.63, 3.8) is 0 Å². The van der Waals surface area contributed by atoms with Crippen LogP contribution in [0, 0.1) is 0 Å². The Morgan fingerprint density at radius 1 is 1.50 bits per heavy atom. The number of hydrogen-bond donors (Lipinski definition) is 1. The van der Waals surface area contributed by atoms with Gasteiger partial charge in [-0.2, -0.15) is 0 Å². The Morgan fingerprint density at radius 3 is 2.75 bits per heavy atom. The van der Waals surface area contributed by atoms with E-state index in [1.807, 2.05) is 6.07 Å². The monoisotopic (exact) mass is 165 g/mol. The molecule has 1 heterocycles. The van der Waals surface area contributed by atoms with E-state index in [0.29, 0.717) is 5.92 Å². The maximum atomic E-state index is 8.96. The fourth-order valence-electron chi connectivity index (χ4n) is 1.29. The van der Waals surface area contributed by atoms with Gasteiger partial charge in [-0.15, -0.1) is 0 Å². The van der Waals surface area contributed by atoms with Gasteiger partial charge < -0.3 is 5.11 Å². The summed E-state index contributed by atoms with van der Waals surface area (Å²) < 4.78 is 0. The molecule has 1 unspecified atom stereocenters. The second kappa shape index (κ2) is 4.10. The summed E-state index contributed by atoms with van der Waals surface area (Å²) in [6.07, 6.45) is 4.10. The first-order valence-electron chi connectivity index (χ1n) is 4.39. The summed E-state index contributed by atoms with van der Waals surface area (Å²) in [6.45, 7) is 4.35. The molecule has 12 heavy (non-hydrogen) atoms. The third-order valence-corrected chi connectivity index (χ3v) is 2.06. The summed E-state index contributed by atoms with van der Waals surface area (Å²) in [6, 6.07) is 3.57. The topological polar surface area (TPSA) is 33.1 Å². The van der Waals surface area contributed by atoms with Crippen LogP contribution in [0.5, 0.6) is 5.88 Å². The zero-order valence-electron chi connectivity index (χ0n) is 7.62. The van der Waals surface area contributed by atoms with Crippen molar-refractivity contribution >= 4 is 0 Å². The van der Waals surface area contributed by atoms with Gasteiger partial charge in [0.05, 0.1) is 0 Å². The highest BCUT2D eigenvalue weighted by molar-refractivity contribution is 5.19. The van der Waals surface area contributed by atoms with E-state index in [1.54, 1.807) is 12.3 Å². The molecule has 0 aliphatic heterocycles. The van der Waals surface area contributed by atoms with Gasteiger partial charge in [0, 0.05) is 12.3 Å². The van der Waals surface area contributed by atoms with Crippen LogP contribution in [0.25, 0.3) is 0 Å². The van der Waals surface area contributed by atoms with E-state index in [1.165, 1.54) is 18.4 Å². The molecule has 1 aromatic rings. The molecule has 0 saturated carbocycles. The van der Waals surface area contributed by atoms with E-state index in [-0.39, 0.29) is 5.88 Å². The van der Waals surface area contributed by atoms with Crippen LogP contribution in [-0.2, 0) is 0 Å². The van der Waals surface area contributed by atoms with Gasteiger partial charge >= 0.3 is 0 Å². The molecule has 0 amide bonds. The smallest absolute Gasteiger partial charge is 0.210 e. The number of nitrogens with zero attached hydrogens (tertiary/aromatic N) is 1. The van der Waals surface area contributed by atoms with Crippen LogP contribution in [0.15, 0.2) is 18.3 Å². The second-order valence-corrected chi connectivity index (χ2v) is 3.14. The molecule has 0 bridgehead atoms.